The molecule has 0 aromatic rings. The Hall–Kier alpha value is -1.10. The third kappa shape index (κ3) is 2.20. The van der Waals surface area contributed by atoms with Crippen LogP contribution in [0.1, 0.15) is 20.3 Å². The van der Waals surface area contributed by atoms with Crippen molar-refractivity contribution in [2.45, 2.75) is 25.9 Å². The molecule has 0 aromatic heterocycles. The number of carbonyl (C=O) groups is 2. The summed E-state index contributed by atoms with van der Waals surface area (Å²) >= 11 is 0. The van der Waals surface area contributed by atoms with E-state index in [1.54, 1.807) is 0 Å². The quantitative estimate of drug-likeness (QED) is 0.557. The highest BCUT2D eigenvalue weighted by atomic mass is 16.4. The van der Waals surface area contributed by atoms with E-state index in [0.717, 1.165) is 0 Å². The lowest BCUT2D eigenvalue weighted by molar-refractivity contribution is -0.170. The predicted molar refractivity (Wildman–Crippen MR) is 39.7 cm³/mol. The smallest absolute Gasteiger partial charge is 0.336 e. The molecule has 0 amide bonds. The highest BCUT2D eigenvalue weighted by Gasteiger charge is 2.41. The Morgan fingerprint density at radius 3 is 1.83 bits per heavy atom. The SMILES string of the molecule is CC(C)[C@](O)(CC(=O)O)C(=O)O. The van der Waals surface area contributed by atoms with Gasteiger partial charge in [-0.15, -0.1) is 0 Å². The van der Waals surface area contributed by atoms with Crippen LogP contribution in [0.4, 0.5) is 0 Å². The van der Waals surface area contributed by atoms with Gasteiger partial charge in [-0.05, 0) is 5.92 Å². The number of hydrogen-bond acceptors (Lipinski definition) is 3. The average molecular weight is 176 g/mol. The van der Waals surface area contributed by atoms with Gasteiger partial charge < -0.3 is 15.3 Å². The first-order chi connectivity index (χ1) is 5.30. The Kier molecular flexibility index (Phi) is 3.21. The summed E-state index contributed by atoms with van der Waals surface area (Å²) in [4.78, 5) is 20.7. The minimum atomic E-state index is -2.16. The number of carboxylic acid groups (broad SMARTS) is 2. The maximum absolute atomic E-state index is 10.5. The summed E-state index contributed by atoms with van der Waals surface area (Å²) in [5, 5.41) is 26.2. The number of carboxylic acids is 2. The van der Waals surface area contributed by atoms with Crippen molar-refractivity contribution >= 4 is 11.9 Å². The van der Waals surface area contributed by atoms with Crippen LogP contribution in [-0.4, -0.2) is 32.9 Å². The fourth-order valence-corrected chi connectivity index (χ4v) is 0.757. The maximum atomic E-state index is 10.5. The summed E-state index contributed by atoms with van der Waals surface area (Å²) in [6.45, 7) is 2.91. The normalized spacial score (nSPS) is 15.7. The van der Waals surface area contributed by atoms with Crippen molar-refractivity contribution in [1.29, 1.82) is 0 Å². The van der Waals surface area contributed by atoms with E-state index in [1.165, 1.54) is 13.8 Å². The number of aliphatic hydroxyl groups is 1. The predicted octanol–water partition coefficient (Wildman–Crippen LogP) is -0.0672. The zero-order valence-corrected chi connectivity index (χ0v) is 6.94. The van der Waals surface area contributed by atoms with Crippen LogP contribution in [0, 0.1) is 5.92 Å². The summed E-state index contributed by atoms with van der Waals surface area (Å²) in [6.07, 6.45) is -0.778. The first-order valence-electron chi connectivity index (χ1n) is 3.48. The lowest BCUT2D eigenvalue weighted by atomic mass is 9.87. The summed E-state index contributed by atoms with van der Waals surface area (Å²) < 4.78 is 0. The molecular formula is C7H12O5. The van der Waals surface area contributed by atoms with Crippen molar-refractivity contribution in [3.63, 3.8) is 0 Å². The molecule has 0 heterocycles. The van der Waals surface area contributed by atoms with Crippen molar-refractivity contribution in [2.24, 2.45) is 5.92 Å². The molecule has 5 nitrogen and oxygen atoms in total. The van der Waals surface area contributed by atoms with Gasteiger partial charge in [-0.2, -0.15) is 0 Å². The van der Waals surface area contributed by atoms with E-state index >= 15 is 0 Å². The lowest BCUT2D eigenvalue weighted by Crippen LogP contribution is -2.45. The van der Waals surface area contributed by atoms with Crippen LogP contribution >= 0.6 is 0 Å². The number of hydrogen-bond donors (Lipinski definition) is 3. The van der Waals surface area contributed by atoms with Crippen molar-refractivity contribution < 1.29 is 24.9 Å². The Morgan fingerprint density at radius 2 is 1.75 bits per heavy atom. The molecule has 12 heavy (non-hydrogen) atoms. The van der Waals surface area contributed by atoms with Crippen LogP contribution in [0.25, 0.3) is 0 Å². The fraction of sp³-hybridized carbons (Fsp3) is 0.714. The molecule has 0 aliphatic heterocycles. The lowest BCUT2D eigenvalue weighted by Gasteiger charge is -2.25. The molecule has 0 aliphatic carbocycles. The third-order valence-corrected chi connectivity index (χ3v) is 1.75. The van der Waals surface area contributed by atoms with Crippen LogP contribution < -0.4 is 0 Å². The summed E-state index contributed by atoms with van der Waals surface area (Å²) in [5.41, 5.74) is -2.16. The van der Waals surface area contributed by atoms with Gasteiger partial charge in [0.25, 0.3) is 0 Å². The van der Waals surface area contributed by atoms with Crippen molar-refractivity contribution in [2.75, 3.05) is 0 Å². The van der Waals surface area contributed by atoms with E-state index in [-0.39, 0.29) is 0 Å². The molecule has 0 bridgehead atoms. The molecule has 0 rings (SSSR count). The van der Waals surface area contributed by atoms with Gasteiger partial charge in [-0.25, -0.2) is 4.79 Å². The molecule has 3 N–H and O–H groups in total. The van der Waals surface area contributed by atoms with Crippen molar-refractivity contribution in [3.8, 4) is 0 Å². The standard InChI is InChI=1S/C7H12O5/c1-4(2)7(12,6(10)11)3-5(8)9/h4,12H,3H2,1-2H3,(H,8,9)(H,10,11)/t7-/m1/s1. The molecule has 0 aromatic carbocycles. The summed E-state index contributed by atoms with van der Waals surface area (Å²) in [6, 6.07) is 0. The first-order valence-corrected chi connectivity index (χ1v) is 3.48. The highest BCUT2D eigenvalue weighted by Crippen LogP contribution is 2.21. The van der Waals surface area contributed by atoms with Crippen LogP contribution in [-0.2, 0) is 9.59 Å². The molecule has 0 saturated heterocycles. The second-order valence-corrected chi connectivity index (χ2v) is 2.95. The van der Waals surface area contributed by atoms with Crippen LogP contribution in [0.2, 0.25) is 0 Å². The second kappa shape index (κ2) is 3.53. The van der Waals surface area contributed by atoms with Gasteiger partial charge in [0.05, 0.1) is 6.42 Å². The van der Waals surface area contributed by atoms with Gasteiger partial charge in [-0.3, -0.25) is 4.79 Å². The zero-order valence-electron chi connectivity index (χ0n) is 6.94. The molecule has 0 aliphatic rings. The Labute approximate surface area is 69.6 Å². The summed E-state index contributed by atoms with van der Waals surface area (Å²) in [7, 11) is 0. The molecule has 0 radical (unpaired) electrons. The number of aliphatic carboxylic acids is 2. The molecule has 0 unspecified atom stereocenters. The van der Waals surface area contributed by atoms with E-state index in [2.05, 4.69) is 0 Å². The van der Waals surface area contributed by atoms with Crippen molar-refractivity contribution in [3.05, 3.63) is 0 Å². The van der Waals surface area contributed by atoms with Crippen LogP contribution in [0.3, 0.4) is 0 Å². The molecule has 1 atom stereocenters. The van der Waals surface area contributed by atoms with Gasteiger partial charge in [0.15, 0.2) is 5.60 Å². The topological polar surface area (TPSA) is 94.8 Å². The minimum absolute atomic E-state index is 0.633. The number of rotatable bonds is 4. The van der Waals surface area contributed by atoms with Gasteiger partial charge in [0, 0.05) is 0 Å². The van der Waals surface area contributed by atoms with Gasteiger partial charge in [0.1, 0.15) is 0 Å². The monoisotopic (exact) mass is 176 g/mol. The Morgan fingerprint density at radius 1 is 1.33 bits per heavy atom. The maximum Gasteiger partial charge on any atom is 0.336 e. The molecule has 0 fully saturated rings. The Bertz CT molecular complexity index is 198. The molecule has 70 valence electrons. The second-order valence-electron chi connectivity index (χ2n) is 2.95. The average Bonchev–Trinajstić information content (AvgIpc) is 1.84. The third-order valence-electron chi connectivity index (χ3n) is 1.75. The fourth-order valence-electron chi connectivity index (χ4n) is 0.757. The van der Waals surface area contributed by atoms with Crippen LogP contribution in [0.5, 0.6) is 0 Å². The molecule has 5 heteroatoms. The highest BCUT2D eigenvalue weighted by molar-refractivity contribution is 5.83. The molecular weight excluding hydrogens is 164 g/mol. The molecule has 0 spiro atoms. The summed E-state index contributed by atoms with van der Waals surface area (Å²) in [5.74, 6) is -3.46. The van der Waals surface area contributed by atoms with E-state index in [0.29, 0.717) is 0 Å². The van der Waals surface area contributed by atoms with Gasteiger partial charge in [0.2, 0.25) is 0 Å². The first kappa shape index (κ1) is 10.9. The molecule has 0 saturated carbocycles. The van der Waals surface area contributed by atoms with Crippen molar-refractivity contribution in [1.82, 2.24) is 0 Å². The van der Waals surface area contributed by atoms with E-state index in [4.69, 9.17) is 10.2 Å². The Balaban J connectivity index is 4.62. The van der Waals surface area contributed by atoms with E-state index < -0.39 is 29.9 Å². The minimum Gasteiger partial charge on any atom is -0.481 e. The largest absolute Gasteiger partial charge is 0.481 e. The van der Waals surface area contributed by atoms with E-state index in [1.807, 2.05) is 0 Å². The van der Waals surface area contributed by atoms with E-state index in [9.17, 15) is 14.7 Å². The van der Waals surface area contributed by atoms with Gasteiger partial charge >= 0.3 is 11.9 Å². The zero-order chi connectivity index (χ0) is 9.94. The van der Waals surface area contributed by atoms with Crippen LogP contribution in [0.15, 0.2) is 0 Å². The van der Waals surface area contributed by atoms with Gasteiger partial charge in [-0.1, -0.05) is 13.8 Å².